The number of carbonyl (C=O) groups is 3. The minimum Gasteiger partial charge on any atom is -0.497 e. The molecule has 4 aliphatic carbocycles. The molecule has 2 aromatic carbocycles. The van der Waals surface area contributed by atoms with E-state index in [4.69, 9.17) is 21.1 Å². The number of nitrogens with zero attached hydrogens (tertiary/aromatic N) is 1. The van der Waals surface area contributed by atoms with E-state index in [0.717, 1.165) is 24.6 Å². The number of ether oxygens (including phenoxy) is 2. The molecule has 3 aromatic rings. The number of carbonyl (C=O) groups excluding carboxylic acids is 3. The van der Waals surface area contributed by atoms with Gasteiger partial charge in [-0.1, -0.05) is 11.6 Å². The summed E-state index contributed by atoms with van der Waals surface area (Å²) in [5.74, 6) is 2.00. The van der Waals surface area contributed by atoms with Crippen molar-refractivity contribution in [2.24, 2.45) is 23.2 Å². The van der Waals surface area contributed by atoms with E-state index in [1.54, 1.807) is 42.0 Å². The summed E-state index contributed by atoms with van der Waals surface area (Å²) < 4.78 is 12.6. The highest BCUT2D eigenvalue weighted by Crippen LogP contribution is 2.60. The summed E-state index contributed by atoms with van der Waals surface area (Å²) >= 11 is 6.01. The van der Waals surface area contributed by atoms with Crippen molar-refractivity contribution in [3.63, 3.8) is 0 Å². The smallest absolute Gasteiger partial charge is 0.310 e. The number of methoxy groups -OCH3 is 1. The Kier molecular flexibility index (Phi) is 6.34. The number of esters is 1. The van der Waals surface area contributed by atoms with Gasteiger partial charge < -0.3 is 9.47 Å². The van der Waals surface area contributed by atoms with Crippen LogP contribution < -0.4 is 4.74 Å². The molecule has 4 bridgehead atoms. The Morgan fingerprint density at radius 2 is 1.61 bits per heavy atom. The summed E-state index contributed by atoms with van der Waals surface area (Å²) in [5, 5.41) is 1.29. The molecule has 7 heteroatoms. The van der Waals surface area contributed by atoms with Gasteiger partial charge in [-0.2, -0.15) is 0 Å². The Morgan fingerprint density at radius 3 is 2.21 bits per heavy atom. The van der Waals surface area contributed by atoms with Crippen LogP contribution in [0.3, 0.4) is 0 Å². The molecule has 4 saturated carbocycles. The van der Waals surface area contributed by atoms with E-state index in [-0.39, 0.29) is 30.1 Å². The second-order valence-electron chi connectivity index (χ2n) is 11.6. The van der Waals surface area contributed by atoms with Crippen molar-refractivity contribution in [1.29, 1.82) is 0 Å². The van der Waals surface area contributed by atoms with Gasteiger partial charge in [0, 0.05) is 27.1 Å². The lowest BCUT2D eigenvalue weighted by Crippen LogP contribution is -2.51. The third kappa shape index (κ3) is 4.33. The quantitative estimate of drug-likeness (QED) is 0.339. The Labute approximate surface area is 227 Å². The van der Waals surface area contributed by atoms with Crippen molar-refractivity contribution >= 4 is 40.2 Å². The molecule has 1 aromatic heterocycles. The molecule has 0 atom stereocenters. The van der Waals surface area contributed by atoms with Crippen molar-refractivity contribution in [2.75, 3.05) is 13.7 Å². The highest BCUT2D eigenvalue weighted by Gasteiger charge is 2.54. The first-order chi connectivity index (χ1) is 18.3. The number of rotatable bonds is 7. The van der Waals surface area contributed by atoms with Gasteiger partial charge in [-0.15, -0.1) is 0 Å². The molecule has 0 amide bonds. The third-order valence-corrected chi connectivity index (χ3v) is 9.40. The lowest BCUT2D eigenvalue weighted by molar-refractivity contribution is -0.157. The van der Waals surface area contributed by atoms with Crippen LogP contribution in [0.15, 0.2) is 42.5 Å². The lowest BCUT2D eigenvalue weighted by Gasteiger charge is -2.55. The zero-order valence-electron chi connectivity index (χ0n) is 21.8. The van der Waals surface area contributed by atoms with Gasteiger partial charge in [0.05, 0.1) is 19.0 Å². The van der Waals surface area contributed by atoms with Gasteiger partial charge in [0.15, 0.2) is 12.4 Å². The number of fused-ring (bicyclic) bond motifs is 1. The first kappa shape index (κ1) is 25.2. The zero-order valence-corrected chi connectivity index (χ0v) is 22.6. The average Bonchev–Trinajstić information content (AvgIpc) is 3.16. The van der Waals surface area contributed by atoms with Gasteiger partial charge in [0.1, 0.15) is 5.75 Å². The monoisotopic (exact) mass is 533 g/mol. The fourth-order valence-corrected chi connectivity index (χ4v) is 7.87. The molecule has 38 heavy (non-hydrogen) atoms. The molecule has 6 nitrogen and oxygen atoms in total. The first-order valence-corrected chi connectivity index (χ1v) is 13.8. The molecule has 0 spiro atoms. The van der Waals surface area contributed by atoms with Gasteiger partial charge in [0.25, 0.3) is 5.91 Å². The van der Waals surface area contributed by atoms with E-state index in [1.165, 1.54) is 19.3 Å². The molecule has 0 unspecified atom stereocenters. The van der Waals surface area contributed by atoms with Crippen molar-refractivity contribution in [3.8, 4) is 5.75 Å². The Balaban J connectivity index is 1.23. The highest BCUT2D eigenvalue weighted by atomic mass is 35.5. The molecule has 7 rings (SSSR count). The first-order valence-electron chi connectivity index (χ1n) is 13.4. The second-order valence-corrected chi connectivity index (χ2v) is 12.0. The molecule has 0 radical (unpaired) electrons. The summed E-state index contributed by atoms with van der Waals surface area (Å²) in [6, 6.07) is 12.2. The topological polar surface area (TPSA) is 74.6 Å². The van der Waals surface area contributed by atoms with Gasteiger partial charge in [-0.3, -0.25) is 19.0 Å². The molecular weight excluding hydrogens is 502 g/mol. The van der Waals surface area contributed by atoms with Crippen LogP contribution in [-0.4, -0.2) is 35.9 Å². The molecule has 198 valence electrons. The van der Waals surface area contributed by atoms with Crippen molar-refractivity contribution in [3.05, 3.63) is 64.3 Å². The maximum absolute atomic E-state index is 13.5. The van der Waals surface area contributed by atoms with Crippen LogP contribution in [-0.2, 0) is 20.7 Å². The van der Waals surface area contributed by atoms with Crippen LogP contribution in [0.1, 0.15) is 60.1 Å². The van der Waals surface area contributed by atoms with Gasteiger partial charge in [0.2, 0.25) is 0 Å². The van der Waals surface area contributed by atoms with Crippen molar-refractivity contribution in [2.45, 2.75) is 51.9 Å². The normalized spacial score (nSPS) is 25.5. The maximum atomic E-state index is 13.5. The number of halogens is 1. The maximum Gasteiger partial charge on any atom is 0.310 e. The number of hydrogen-bond acceptors (Lipinski definition) is 5. The summed E-state index contributed by atoms with van der Waals surface area (Å²) in [4.78, 5) is 39.9. The fraction of sp³-hybridized carbons (Fsp3) is 0.452. The summed E-state index contributed by atoms with van der Waals surface area (Å²) in [7, 11) is 1.58. The highest BCUT2D eigenvalue weighted by molar-refractivity contribution is 6.30. The fourth-order valence-electron chi connectivity index (χ4n) is 7.74. The van der Waals surface area contributed by atoms with Crippen LogP contribution in [0.25, 0.3) is 10.9 Å². The number of Topliss-reactive ketones (excluding diaryl/α,β-unsaturated/α-hetero) is 1. The summed E-state index contributed by atoms with van der Waals surface area (Å²) in [6.07, 6.45) is 6.60. The summed E-state index contributed by atoms with van der Waals surface area (Å²) in [5.41, 5.74) is 2.21. The predicted molar refractivity (Wildman–Crippen MR) is 145 cm³/mol. The van der Waals surface area contributed by atoms with Gasteiger partial charge in [-0.05, 0) is 111 Å². The minimum atomic E-state index is -0.466. The van der Waals surface area contributed by atoms with E-state index in [1.807, 2.05) is 19.1 Å². The molecule has 0 aliphatic heterocycles. The van der Waals surface area contributed by atoms with E-state index in [0.29, 0.717) is 50.9 Å². The molecular formula is C31H32ClNO5. The van der Waals surface area contributed by atoms with E-state index in [2.05, 4.69) is 0 Å². The van der Waals surface area contributed by atoms with Crippen LogP contribution in [0.4, 0.5) is 0 Å². The molecule has 0 N–H and O–H groups in total. The van der Waals surface area contributed by atoms with Crippen molar-refractivity contribution in [1.82, 2.24) is 4.57 Å². The lowest BCUT2D eigenvalue weighted by atomic mass is 9.48. The molecule has 0 saturated heterocycles. The van der Waals surface area contributed by atoms with Gasteiger partial charge >= 0.3 is 5.97 Å². The number of benzene rings is 2. The van der Waals surface area contributed by atoms with E-state index < -0.39 is 5.97 Å². The standard InChI is InChI=1S/C31H32ClNO5/c1-18-25(13-29(35)38-17-28(34)31-14-19-9-20(15-31)11-21(10-19)16-31)26-12-24(37-2)7-8-27(26)33(18)30(36)22-3-5-23(32)6-4-22/h3-8,12,19-21H,9-11,13-17H2,1-2H3. The van der Waals surface area contributed by atoms with Crippen LogP contribution in [0.2, 0.25) is 5.02 Å². The van der Waals surface area contributed by atoms with Gasteiger partial charge in [-0.25, -0.2) is 0 Å². The largest absolute Gasteiger partial charge is 0.497 e. The number of ketones is 1. The molecule has 1 heterocycles. The SMILES string of the molecule is COc1ccc2c(c1)c(CC(=O)OCC(=O)C13CC4CC(CC(C4)C1)C3)c(C)n2C(=O)c1ccc(Cl)cc1. The second kappa shape index (κ2) is 9.57. The molecule has 4 fully saturated rings. The Hall–Kier alpha value is -3.12. The minimum absolute atomic E-state index is 0.0371. The Morgan fingerprint density at radius 1 is 0.974 bits per heavy atom. The van der Waals surface area contributed by atoms with E-state index in [9.17, 15) is 14.4 Å². The van der Waals surface area contributed by atoms with Crippen LogP contribution >= 0.6 is 11.6 Å². The number of hydrogen-bond donors (Lipinski definition) is 0. The van der Waals surface area contributed by atoms with Crippen LogP contribution in [0.5, 0.6) is 5.75 Å². The zero-order chi connectivity index (χ0) is 26.6. The number of aromatic nitrogens is 1. The molecule has 4 aliphatic rings. The predicted octanol–water partition coefficient (Wildman–Crippen LogP) is 6.17. The Bertz CT molecular complexity index is 1400. The average molecular weight is 534 g/mol. The summed E-state index contributed by atoms with van der Waals surface area (Å²) in [6.45, 7) is 1.65. The van der Waals surface area contributed by atoms with Crippen LogP contribution in [0, 0.1) is 30.1 Å². The van der Waals surface area contributed by atoms with E-state index >= 15 is 0 Å². The third-order valence-electron chi connectivity index (χ3n) is 9.15. The van der Waals surface area contributed by atoms with Crippen molar-refractivity contribution < 1.29 is 23.9 Å².